The second-order valence-corrected chi connectivity index (χ2v) is 5.85. The van der Waals surface area contributed by atoms with Gasteiger partial charge in [0.1, 0.15) is 0 Å². The molecule has 0 radical (unpaired) electrons. The topological polar surface area (TPSA) is 32.5 Å². The van der Waals surface area contributed by atoms with Crippen LogP contribution in [0.5, 0.6) is 0 Å². The number of nitrogens with two attached hydrogens (primary N) is 1. The summed E-state index contributed by atoms with van der Waals surface area (Å²) in [7, 11) is 4.40. The minimum atomic E-state index is 0.472. The average Bonchev–Trinajstić information content (AvgIpc) is 3.10. The average molecular weight is 225 g/mol. The molecule has 16 heavy (non-hydrogen) atoms. The van der Waals surface area contributed by atoms with Crippen molar-refractivity contribution in [2.24, 2.45) is 11.7 Å². The maximum absolute atomic E-state index is 6.15. The van der Waals surface area contributed by atoms with Crippen molar-refractivity contribution in [1.29, 1.82) is 0 Å². The number of likely N-dealkylation sites (tertiary alicyclic amines) is 1. The Kier molecular flexibility index (Phi) is 4.22. The lowest BCUT2D eigenvalue weighted by Gasteiger charge is -2.36. The van der Waals surface area contributed by atoms with Crippen molar-refractivity contribution in [2.75, 3.05) is 33.7 Å². The van der Waals surface area contributed by atoms with Gasteiger partial charge in [0.05, 0.1) is 0 Å². The van der Waals surface area contributed by atoms with Crippen molar-refractivity contribution in [2.45, 2.75) is 44.2 Å². The van der Waals surface area contributed by atoms with Crippen molar-refractivity contribution >= 4 is 0 Å². The molecule has 0 spiro atoms. The summed E-state index contributed by atoms with van der Waals surface area (Å²) in [5.74, 6) is 0.856. The van der Waals surface area contributed by atoms with Crippen LogP contribution in [0.15, 0.2) is 0 Å². The van der Waals surface area contributed by atoms with Gasteiger partial charge in [-0.25, -0.2) is 0 Å². The van der Waals surface area contributed by atoms with Crippen molar-refractivity contribution in [1.82, 2.24) is 9.80 Å². The minimum absolute atomic E-state index is 0.472. The zero-order chi connectivity index (χ0) is 11.5. The van der Waals surface area contributed by atoms with E-state index in [9.17, 15) is 0 Å². The smallest absolute Gasteiger partial charge is 0.0217 e. The van der Waals surface area contributed by atoms with E-state index in [4.69, 9.17) is 5.73 Å². The lowest BCUT2D eigenvalue weighted by Crippen LogP contribution is -2.46. The normalized spacial score (nSPS) is 29.6. The number of piperidine rings is 1. The first-order valence-electron chi connectivity index (χ1n) is 6.81. The fourth-order valence-electron chi connectivity index (χ4n) is 2.75. The molecule has 2 aliphatic rings. The van der Waals surface area contributed by atoms with Crippen molar-refractivity contribution in [3.63, 3.8) is 0 Å². The highest BCUT2D eigenvalue weighted by atomic mass is 15.2. The molecule has 2 N–H and O–H groups in total. The lowest BCUT2D eigenvalue weighted by molar-refractivity contribution is 0.129. The van der Waals surface area contributed by atoms with Gasteiger partial charge in [-0.15, -0.1) is 0 Å². The fourth-order valence-corrected chi connectivity index (χ4v) is 2.75. The molecule has 94 valence electrons. The summed E-state index contributed by atoms with van der Waals surface area (Å²) in [4.78, 5) is 4.98. The maximum Gasteiger partial charge on any atom is 0.0217 e. The summed E-state index contributed by atoms with van der Waals surface area (Å²) >= 11 is 0. The monoisotopic (exact) mass is 225 g/mol. The number of likely N-dealkylation sites (N-methyl/N-ethyl adjacent to an activating group) is 1. The van der Waals surface area contributed by atoms with Gasteiger partial charge in [-0.05, 0) is 65.2 Å². The molecule has 1 saturated heterocycles. The van der Waals surface area contributed by atoms with Crippen LogP contribution >= 0.6 is 0 Å². The molecule has 0 aromatic rings. The maximum atomic E-state index is 6.15. The highest BCUT2D eigenvalue weighted by molar-refractivity contribution is 4.85. The Morgan fingerprint density at radius 3 is 2.69 bits per heavy atom. The Hall–Kier alpha value is -0.120. The molecule has 2 unspecified atom stereocenters. The van der Waals surface area contributed by atoms with E-state index in [0.717, 1.165) is 12.0 Å². The lowest BCUT2D eigenvalue weighted by atomic mass is 10.0. The quantitative estimate of drug-likeness (QED) is 0.761. The molecule has 0 aromatic heterocycles. The van der Waals surface area contributed by atoms with Gasteiger partial charge in [0.15, 0.2) is 0 Å². The van der Waals surface area contributed by atoms with Gasteiger partial charge in [-0.3, -0.25) is 0 Å². The van der Waals surface area contributed by atoms with Crippen LogP contribution < -0.4 is 5.73 Å². The molecule has 3 nitrogen and oxygen atoms in total. The fraction of sp³-hybridized carbons (Fsp3) is 1.00. The number of rotatable bonds is 5. The molecule has 1 saturated carbocycles. The van der Waals surface area contributed by atoms with E-state index >= 15 is 0 Å². The highest BCUT2D eigenvalue weighted by Gasteiger charge is 2.29. The molecule has 2 fully saturated rings. The molecule has 2 rings (SSSR count). The first kappa shape index (κ1) is 12.3. The molecular formula is C13H27N3. The van der Waals surface area contributed by atoms with Crippen LogP contribution in [-0.4, -0.2) is 55.6 Å². The van der Waals surface area contributed by atoms with E-state index in [1.54, 1.807) is 0 Å². The van der Waals surface area contributed by atoms with Gasteiger partial charge in [0.25, 0.3) is 0 Å². The Bertz CT molecular complexity index is 213. The number of hydrogen-bond acceptors (Lipinski definition) is 3. The summed E-state index contributed by atoms with van der Waals surface area (Å²) in [5, 5.41) is 0. The molecule has 0 amide bonds. The second-order valence-electron chi connectivity index (χ2n) is 5.85. The zero-order valence-corrected chi connectivity index (χ0v) is 10.9. The SMILES string of the molecule is CN(C)C1CCCN(CCC(N)C2CC2)C1. The summed E-state index contributed by atoms with van der Waals surface area (Å²) < 4.78 is 0. The van der Waals surface area contributed by atoms with Gasteiger partial charge in [0, 0.05) is 18.6 Å². The molecule has 1 aliphatic carbocycles. The Labute approximate surface area is 100.0 Å². The molecule has 1 heterocycles. The van der Waals surface area contributed by atoms with E-state index in [1.165, 1.54) is 51.7 Å². The van der Waals surface area contributed by atoms with E-state index in [0.29, 0.717) is 6.04 Å². The van der Waals surface area contributed by atoms with Gasteiger partial charge >= 0.3 is 0 Å². The summed E-state index contributed by atoms with van der Waals surface area (Å²) in [5.41, 5.74) is 6.15. The van der Waals surface area contributed by atoms with Gasteiger partial charge < -0.3 is 15.5 Å². The largest absolute Gasteiger partial charge is 0.327 e. The van der Waals surface area contributed by atoms with Gasteiger partial charge in [-0.2, -0.15) is 0 Å². The molecule has 0 bridgehead atoms. The second kappa shape index (κ2) is 5.48. The number of hydrogen-bond donors (Lipinski definition) is 1. The Morgan fingerprint density at radius 1 is 1.31 bits per heavy atom. The minimum Gasteiger partial charge on any atom is -0.327 e. The van der Waals surface area contributed by atoms with Crippen molar-refractivity contribution in [3.05, 3.63) is 0 Å². The summed E-state index contributed by atoms with van der Waals surface area (Å²) in [6.45, 7) is 3.73. The van der Waals surface area contributed by atoms with Crippen LogP contribution in [0, 0.1) is 5.92 Å². The van der Waals surface area contributed by atoms with Gasteiger partial charge in [-0.1, -0.05) is 0 Å². The Balaban J connectivity index is 1.68. The van der Waals surface area contributed by atoms with Crippen LogP contribution in [0.1, 0.15) is 32.1 Å². The predicted molar refractivity (Wildman–Crippen MR) is 68.5 cm³/mol. The van der Waals surface area contributed by atoms with Crippen LogP contribution in [-0.2, 0) is 0 Å². The Morgan fingerprint density at radius 2 is 2.06 bits per heavy atom. The van der Waals surface area contributed by atoms with E-state index < -0.39 is 0 Å². The standard InChI is InChI=1S/C13H27N3/c1-15(2)12-4-3-8-16(10-12)9-7-13(14)11-5-6-11/h11-13H,3-10,14H2,1-2H3. The third-order valence-corrected chi connectivity index (χ3v) is 4.22. The third kappa shape index (κ3) is 3.44. The first-order chi connectivity index (χ1) is 7.66. The molecule has 3 heteroatoms. The van der Waals surface area contributed by atoms with Crippen LogP contribution in [0.3, 0.4) is 0 Å². The van der Waals surface area contributed by atoms with E-state index in [2.05, 4.69) is 23.9 Å². The zero-order valence-electron chi connectivity index (χ0n) is 10.9. The molecule has 2 atom stereocenters. The first-order valence-corrected chi connectivity index (χ1v) is 6.81. The number of nitrogens with zero attached hydrogens (tertiary/aromatic N) is 2. The highest BCUT2D eigenvalue weighted by Crippen LogP contribution is 2.32. The van der Waals surface area contributed by atoms with Crippen LogP contribution in [0.2, 0.25) is 0 Å². The third-order valence-electron chi connectivity index (χ3n) is 4.22. The van der Waals surface area contributed by atoms with Gasteiger partial charge in [0.2, 0.25) is 0 Å². The molecular weight excluding hydrogens is 198 g/mol. The van der Waals surface area contributed by atoms with E-state index in [1.807, 2.05) is 0 Å². The summed E-state index contributed by atoms with van der Waals surface area (Å²) in [6, 6.07) is 1.23. The molecule has 1 aliphatic heterocycles. The van der Waals surface area contributed by atoms with Crippen molar-refractivity contribution < 1.29 is 0 Å². The van der Waals surface area contributed by atoms with Crippen LogP contribution in [0.4, 0.5) is 0 Å². The summed E-state index contributed by atoms with van der Waals surface area (Å²) in [6.07, 6.45) is 6.66. The van der Waals surface area contributed by atoms with E-state index in [-0.39, 0.29) is 0 Å². The molecule has 0 aromatic carbocycles. The van der Waals surface area contributed by atoms with Crippen molar-refractivity contribution in [3.8, 4) is 0 Å². The predicted octanol–water partition coefficient (Wildman–Crippen LogP) is 1.14. The van der Waals surface area contributed by atoms with Crippen LogP contribution in [0.25, 0.3) is 0 Å².